The van der Waals surface area contributed by atoms with Crippen molar-refractivity contribution in [1.82, 2.24) is 0 Å². The third-order valence-electron chi connectivity index (χ3n) is 2.09. The number of hydrogen-bond donors (Lipinski definition) is 0. The summed E-state index contributed by atoms with van der Waals surface area (Å²) in [5.41, 5.74) is 5.49. The smallest absolute Gasteiger partial charge is 0.0274 e. The molecule has 1 rings (SSSR count). The Morgan fingerprint density at radius 2 is 1.55 bits per heavy atom. The lowest BCUT2D eigenvalue weighted by atomic mass is 9.98. The first-order valence-corrected chi connectivity index (χ1v) is 4.01. The minimum Gasteiger partial charge on any atom is -0.0561 e. The van der Waals surface area contributed by atoms with Gasteiger partial charge >= 0.3 is 0 Å². The van der Waals surface area contributed by atoms with Crippen LogP contribution >= 0.6 is 0 Å². The quantitative estimate of drug-likeness (QED) is 0.573. The van der Waals surface area contributed by atoms with Crippen molar-refractivity contribution < 1.29 is 0 Å². The molecule has 0 aliphatic heterocycles. The summed E-state index contributed by atoms with van der Waals surface area (Å²) in [4.78, 5) is 0. The predicted molar refractivity (Wildman–Crippen MR) is 49.7 cm³/mol. The summed E-state index contributed by atoms with van der Waals surface area (Å²) in [5.74, 6) is 0. The minimum atomic E-state index is 0.901. The minimum absolute atomic E-state index is 0.901. The number of rotatable bonds is 1. The summed E-state index contributed by atoms with van der Waals surface area (Å²) in [5, 5.41) is 0. The maximum atomic E-state index is 3.91. The molecular weight excluding hydrogens is 132 g/mol. The molecule has 0 aliphatic carbocycles. The van der Waals surface area contributed by atoms with Crippen molar-refractivity contribution in [2.45, 2.75) is 27.2 Å². The van der Waals surface area contributed by atoms with Gasteiger partial charge in [0, 0.05) is 0 Å². The monoisotopic (exact) mass is 147 g/mol. The Hall–Kier alpha value is -0.780. The summed E-state index contributed by atoms with van der Waals surface area (Å²) < 4.78 is 0. The fourth-order valence-corrected chi connectivity index (χ4v) is 1.60. The van der Waals surface area contributed by atoms with Gasteiger partial charge in [-0.1, -0.05) is 17.7 Å². The van der Waals surface area contributed by atoms with Crippen molar-refractivity contribution in [3.8, 4) is 0 Å². The van der Waals surface area contributed by atoms with Crippen molar-refractivity contribution >= 4 is 0 Å². The number of aryl methyl sites for hydroxylation is 3. The SMILES string of the molecule is [CH2]Cc1c(C)cc(C)cc1C. The molecule has 1 aromatic carbocycles. The van der Waals surface area contributed by atoms with Crippen molar-refractivity contribution in [3.05, 3.63) is 41.3 Å². The van der Waals surface area contributed by atoms with Crippen LogP contribution in [0.3, 0.4) is 0 Å². The van der Waals surface area contributed by atoms with E-state index in [0.29, 0.717) is 0 Å². The van der Waals surface area contributed by atoms with Crippen LogP contribution < -0.4 is 0 Å². The fourth-order valence-electron chi connectivity index (χ4n) is 1.60. The molecule has 59 valence electrons. The van der Waals surface area contributed by atoms with E-state index < -0.39 is 0 Å². The summed E-state index contributed by atoms with van der Waals surface area (Å²) in [6.45, 7) is 10.3. The molecule has 1 aromatic rings. The Morgan fingerprint density at radius 3 is 1.91 bits per heavy atom. The van der Waals surface area contributed by atoms with Crippen LogP contribution in [0.4, 0.5) is 0 Å². The average Bonchev–Trinajstić information content (AvgIpc) is 1.85. The van der Waals surface area contributed by atoms with Gasteiger partial charge in [-0.2, -0.15) is 0 Å². The van der Waals surface area contributed by atoms with Gasteiger partial charge in [0.1, 0.15) is 0 Å². The zero-order chi connectivity index (χ0) is 8.43. The zero-order valence-electron chi connectivity index (χ0n) is 7.57. The second kappa shape index (κ2) is 3.08. The number of benzene rings is 1. The molecule has 0 nitrogen and oxygen atoms in total. The van der Waals surface area contributed by atoms with Gasteiger partial charge in [0.2, 0.25) is 0 Å². The fraction of sp³-hybridized carbons (Fsp3) is 0.364. The second-order valence-corrected chi connectivity index (χ2v) is 3.13. The van der Waals surface area contributed by atoms with E-state index in [2.05, 4.69) is 39.8 Å². The van der Waals surface area contributed by atoms with Gasteiger partial charge in [-0.15, -0.1) is 0 Å². The largest absolute Gasteiger partial charge is 0.0561 e. The van der Waals surface area contributed by atoms with Crippen LogP contribution in [0.25, 0.3) is 0 Å². The molecule has 11 heavy (non-hydrogen) atoms. The molecule has 1 radical (unpaired) electrons. The summed E-state index contributed by atoms with van der Waals surface area (Å²) in [6, 6.07) is 4.43. The highest BCUT2D eigenvalue weighted by Crippen LogP contribution is 2.16. The molecule has 0 heteroatoms. The Labute approximate surface area is 69.3 Å². The van der Waals surface area contributed by atoms with Crippen LogP contribution in [0.1, 0.15) is 22.3 Å². The summed E-state index contributed by atoms with van der Waals surface area (Å²) >= 11 is 0. The molecule has 0 saturated heterocycles. The van der Waals surface area contributed by atoms with Gasteiger partial charge in [0.15, 0.2) is 0 Å². The standard InChI is InChI=1S/C11H15/c1-5-11-9(3)6-8(2)7-10(11)4/h6-7H,1,5H2,2-4H3. The van der Waals surface area contributed by atoms with Gasteiger partial charge in [-0.25, -0.2) is 0 Å². The summed E-state index contributed by atoms with van der Waals surface area (Å²) in [7, 11) is 0. The maximum absolute atomic E-state index is 3.91. The highest BCUT2D eigenvalue weighted by atomic mass is 14.0. The van der Waals surface area contributed by atoms with Gasteiger partial charge in [-0.3, -0.25) is 0 Å². The third-order valence-corrected chi connectivity index (χ3v) is 2.09. The lowest BCUT2D eigenvalue weighted by Gasteiger charge is -2.07. The van der Waals surface area contributed by atoms with Crippen LogP contribution in [0.5, 0.6) is 0 Å². The topological polar surface area (TPSA) is 0 Å². The Morgan fingerprint density at radius 1 is 1.09 bits per heavy atom. The first-order valence-electron chi connectivity index (χ1n) is 4.01. The van der Waals surface area contributed by atoms with E-state index in [1.807, 2.05) is 0 Å². The van der Waals surface area contributed by atoms with E-state index in [4.69, 9.17) is 0 Å². The van der Waals surface area contributed by atoms with Gasteiger partial charge in [0.05, 0.1) is 0 Å². The highest BCUT2D eigenvalue weighted by molar-refractivity contribution is 5.37. The molecule has 0 heterocycles. The van der Waals surface area contributed by atoms with Crippen molar-refractivity contribution in [2.75, 3.05) is 0 Å². The maximum Gasteiger partial charge on any atom is -0.0274 e. The van der Waals surface area contributed by atoms with Gasteiger partial charge in [-0.05, 0) is 50.8 Å². The molecule has 0 atom stereocenters. The molecule has 0 unspecified atom stereocenters. The molecule has 0 N–H and O–H groups in total. The normalized spacial score (nSPS) is 10.2. The molecule has 0 spiro atoms. The van der Waals surface area contributed by atoms with Crippen LogP contribution in [0.15, 0.2) is 12.1 Å². The molecule has 0 bridgehead atoms. The molecule has 0 aromatic heterocycles. The molecule has 0 aliphatic rings. The molecular formula is C11H15. The Balaban J connectivity index is 3.25. The van der Waals surface area contributed by atoms with E-state index in [9.17, 15) is 0 Å². The predicted octanol–water partition coefficient (Wildman–Crippen LogP) is 2.99. The average molecular weight is 147 g/mol. The lowest BCUT2D eigenvalue weighted by molar-refractivity contribution is 1.15. The first-order chi connectivity index (χ1) is 5.15. The van der Waals surface area contributed by atoms with E-state index >= 15 is 0 Å². The van der Waals surface area contributed by atoms with Crippen molar-refractivity contribution in [3.63, 3.8) is 0 Å². The Kier molecular flexibility index (Phi) is 2.33. The highest BCUT2D eigenvalue weighted by Gasteiger charge is 1.99. The van der Waals surface area contributed by atoms with E-state index in [0.717, 1.165) is 6.42 Å². The van der Waals surface area contributed by atoms with Crippen LogP contribution in [-0.4, -0.2) is 0 Å². The van der Waals surface area contributed by atoms with Crippen molar-refractivity contribution in [1.29, 1.82) is 0 Å². The van der Waals surface area contributed by atoms with E-state index in [-0.39, 0.29) is 0 Å². The Bertz CT molecular complexity index is 236. The third kappa shape index (κ3) is 1.62. The van der Waals surface area contributed by atoms with E-state index in [1.54, 1.807) is 0 Å². The number of hydrogen-bond acceptors (Lipinski definition) is 0. The van der Waals surface area contributed by atoms with Crippen molar-refractivity contribution in [2.24, 2.45) is 0 Å². The van der Waals surface area contributed by atoms with Gasteiger partial charge in [0.25, 0.3) is 0 Å². The molecule has 0 amide bonds. The van der Waals surface area contributed by atoms with Gasteiger partial charge < -0.3 is 0 Å². The summed E-state index contributed by atoms with van der Waals surface area (Å²) in [6.07, 6.45) is 0.901. The molecule has 0 fully saturated rings. The van der Waals surface area contributed by atoms with Crippen LogP contribution in [0, 0.1) is 27.7 Å². The lowest BCUT2D eigenvalue weighted by Crippen LogP contribution is -1.92. The van der Waals surface area contributed by atoms with Crippen LogP contribution in [-0.2, 0) is 6.42 Å². The second-order valence-electron chi connectivity index (χ2n) is 3.13. The van der Waals surface area contributed by atoms with E-state index in [1.165, 1.54) is 22.3 Å². The zero-order valence-corrected chi connectivity index (χ0v) is 7.57. The van der Waals surface area contributed by atoms with Crippen LogP contribution in [0.2, 0.25) is 0 Å². The molecule has 0 saturated carbocycles. The first kappa shape index (κ1) is 8.32.